The van der Waals surface area contributed by atoms with Gasteiger partial charge in [0, 0.05) is 24.8 Å². The number of aromatic nitrogens is 3. The largest absolute Gasteiger partial charge is 0.334 e. The van der Waals surface area contributed by atoms with Gasteiger partial charge in [0.25, 0.3) is 5.91 Å². The maximum atomic E-state index is 12.7. The molecule has 2 aromatic heterocycles. The normalized spacial score (nSPS) is 12.3. The summed E-state index contributed by atoms with van der Waals surface area (Å²) in [6.45, 7) is 1.99. The predicted octanol–water partition coefficient (Wildman–Crippen LogP) is 2.79. The first-order chi connectivity index (χ1) is 10.2. The monoisotopic (exact) mass is 280 g/mol. The summed E-state index contributed by atoms with van der Waals surface area (Å²) in [4.78, 5) is 18.4. The topological polar surface area (TPSA) is 61.9 Å². The van der Waals surface area contributed by atoms with Crippen LogP contribution in [0.3, 0.4) is 0 Å². The maximum absolute atomic E-state index is 12.7. The number of carbonyl (C=O) groups is 1. The summed E-state index contributed by atoms with van der Waals surface area (Å²) in [5.74, 6) is -0.100. The molecule has 1 amide bonds. The van der Waals surface area contributed by atoms with Crippen molar-refractivity contribution in [3.05, 3.63) is 60.0 Å². The number of aromatic amines is 1. The van der Waals surface area contributed by atoms with E-state index in [0.717, 1.165) is 16.5 Å². The van der Waals surface area contributed by atoms with Gasteiger partial charge >= 0.3 is 0 Å². The Morgan fingerprint density at radius 2 is 1.90 bits per heavy atom. The highest BCUT2D eigenvalue weighted by Gasteiger charge is 2.22. The smallest absolute Gasteiger partial charge is 0.275 e. The Morgan fingerprint density at radius 3 is 2.67 bits per heavy atom. The van der Waals surface area contributed by atoms with Gasteiger partial charge in [0.15, 0.2) is 5.69 Å². The molecule has 1 aromatic carbocycles. The number of pyridine rings is 1. The van der Waals surface area contributed by atoms with Gasteiger partial charge < -0.3 is 4.90 Å². The lowest BCUT2D eigenvalue weighted by Gasteiger charge is -2.24. The molecule has 3 rings (SSSR count). The summed E-state index contributed by atoms with van der Waals surface area (Å²) >= 11 is 0. The lowest BCUT2D eigenvalue weighted by Crippen LogP contribution is -2.30. The van der Waals surface area contributed by atoms with Crippen molar-refractivity contribution in [2.45, 2.75) is 13.0 Å². The van der Waals surface area contributed by atoms with Gasteiger partial charge in [-0.3, -0.25) is 14.9 Å². The highest BCUT2D eigenvalue weighted by Crippen LogP contribution is 2.22. The van der Waals surface area contributed by atoms with Crippen LogP contribution in [0.25, 0.3) is 10.9 Å². The molecular weight excluding hydrogens is 264 g/mol. The first-order valence-corrected chi connectivity index (χ1v) is 6.78. The molecule has 3 aromatic rings. The average molecular weight is 280 g/mol. The molecule has 5 nitrogen and oxygen atoms in total. The number of fused-ring (bicyclic) bond motifs is 1. The van der Waals surface area contributed by atoms with Crippen molar-refractivity contribution >= 4 is 16.8 Å². The highest BCUT2D eigenvalue weighted by atomic mass is 16.2. The first kappa shape index (κ1) is 13.3. The number of hydrogen-bond acceptors (Lipinski definition) is 3. The zero-order valence-corrected chi connectivity index (χ0v) is 11.9. The van der Waals surface area contributed by atoms with E-state index >= 15 is 0 Å². The Labute approximate surface area is 122 Å². The Kier molecular flexibility index (Phi) is 3.39. The van der Waals surface area contributed by atoms with Crippen molar-refractivity contribution in [1.82, 2.24) is 20.1 Å². The molecule has 1 atom stereocenters. The van der Waals surface area contributed by atoms with Crippen LogP contribution in [0, 0.1) is 0 Å². The molecule has 1 N–H and O–H groups in total. The first-order valence-electron chi connectivity index (χ1n) is 6.78. The molecule has 0 aliphatic carbocycles. The van der Waals surface area contributed by atoms with Crippen molar-refractivity contribution < 1.29 is 4.79 Å². The Bertz CT molecular complexity index is 766. The van der Waals surface area contributed by atoms with E-state index in [9.17, 15) is 4.79 Å². The molecule has 0 radical (unpaired) electrons. The molecule has 2 heterocycles. The van der Waals surface area contributed by atoms with Crippen LogP contribution in [0.4, 0.5) is 0 Å². The van der Waals surface area contributed by atoms with Crippen LogP contribution in [-0.4, -0.2) is 33.0 Å². The van der Waals surface area contributed by atoms with Gasteiger partial charge in [-0.1, -0.05) is 18.2 Å². The second-order valence-corrected chi connectivity index (χ2v) is 4.99. The summed E-state index contributed by atoms with van der Waals surface area (Å²) in [6, 6.07) is 11.4. The molecule has 0 saturated carbocycles. The lowest BCUT2D eigenvalue weighted by molar-refractivity contribution is 0.0738. The maximum Gasteiger partial charge on any atom is 0.275 e. The number of carbonyl (C=O) groups excluding carboxylic acids is 1. The van der Waals surface area contributed by atoms with E-state index < -0.39 is 0 Å². The van der Waals surface area contributed by atoms with E-state index in [1.54, 1.807) is 24.3 Å². The van der Waals surface area contributed by atoms with Crippen molar-refractivity contribution in [1.29, 1.82) is 0 Å². The van der Waals surface area contributed by atoms with E-state index in [-0.39, 0.29) is 11.9 Å². The van der Waals surface area contributed by atoms with Crippen molar-refractivity contribution in [2.75, 3.05) is 7.05 Å². The molecule has 0 fully saturated rings. The van der Waals surface area contributed by atoms with Crippen LogP contribution in [-0.2, 0) is 0 Å². The number of para-hydroxylation sites is 1. The van der Waals surface area contributed by atoms with E-state index in [2.05, 4.69) is 15.2 Å². The molecule has 0 saturated heterocycles. The van der Waals surface area contributed by atoms with Gasteiger partial charge in [0.2, 0.25) is 0 Å². The average Bonchev–Trinajstić information content (AvgIpc) is 2.97. The lowest BCUT2D eigenvalue weighted by atomic mass is 10.1. The molecule has 0 bridgehead atoms. The summed E-state index contributed by atoms with van der Waals surface area (Å²) in [7, 11) is 1.79. The van der Waals surface area contributed by atoms with Crippen LogP contribution in [0.5, 0.6) is 0 Å². The zero-order valence-electron chi connectivity index (χ0n) is 11.9. The predicted molar refractivity (Wildman–Crippen MR) is 80.8 cm³/mol. The third-order valence-electron chi connectivity index (χ3n) is 3.76. The third-order valence-corrected chi connectivity index (χ3v) is 3.76. The number of nitrogens with one attached hydrogen (secondary N) is 1. The number of nitrogens with zero attached hydrogens (tertiary/aromatic N) is 3. The minimum Gasteiger partial charge on any atom is -0.334 e. The molecule has 0 spiro atoms. The van der Waals surface area contributed by atoms with Gasteiger partial charge in [-0.05, 0) is 30.7 Å². The summed E-state index contributed by atoms with van der Waals surface area (Å²) < 4.78 is 0. The zero-order chi connectivity index (χ0) is 14.8. The van der Waals surface area contributed by atoms with Gasteiger partial charge in [-0.2, -0.15) is 5.10 Å². The fraction of sp³-hybridized carbons (Fsp3) is 0.188. The number of benzene rings is 1. The van der Waals surface area contributed by atoms with E-state index in [0.29, 0.717) is 5.69 Å². The standard InChI is InChI=1S/C16H16N4O/c1-11(12-7-9-17-10-8-12)20(2)16(21)15-13-5-3-4-6-14(13)18-19-15/h3-11H,1-2H3,(H,18,19). The number of H-pyrrole nitrogens is 1. The summed E-state index contributed by atoms with van der Waals surface area (Å²) in [5.41, 5.74) is 2.36. The SMILES string of the molecule is CC(c1ccncc1)N(C)C(=O)c1n[nH]c2ccccc12. The number of amides is 1. The Hall–Kier alpha value is -2.69. The van der Waals surface area contributed by atoms with Crippen LogP contribution in [0.1, 0.15) is 29.0 Å². The Morgan fingerprint density at radius 1 is 1.19 bits per heavy atom. The summed E-state index contributed by atoms with van der Waals surface area (Å²) in [5, 5.41) is 7.90. The Balaban J connectivity index is 1.91. The second kappa shape index (κ2) is 5.36. The van der Waals surface area contributed by atoms with Gasteiger partial charge in [-0.15, -0.1) is 0 Å². The molecular formula is C16H16N4O. The molecule has 0 aliphatic heterocycles. The van der Waals surface area contributed by atoms with Gasteiger partial charge in [0.05, 0.1) is 11.6 Å². The highest BCUT2D eigenvalue weighted by molar-refractivity contribution is 6.04. The number of hydrogen-bond donors (Lipinski definition) is 1. The van der Waals surface area contributed by atoms with Crippen LogP contribution >= 0.6 is 0 Å². The second-order valence-electron chi connectivity index (χ2n) is 4.99. The van der Waals surface area contributed by atoms with E-state index in [4.69, 9.17) is 0 Å². The minimum atomic E-state index is -0.100. The molecule has 106 valence electrons. The van der Waals surface area contributed by atoms with Crippen molar-refractivity contribution in [3.63, 3.8) is 0 Å². The van der Waals surface area contributed by atoms with E-state index in [1.807, 2.05) is 43.3 Å². The van der Waals surface area contributed by atoms with Crippen LogP contribution in [0.2, 0.25) is 0 Å². The quantitative estimate of drug-likeness (QED) is 0.802. The molecule has 21 heavy (non-hydrogen) atoms. The molecule has 1 unspecified atom stereocenters. The fourth-order valence-electron chi connectivity index (χ4n) is 2.33. The van der Waals surface area contributed by atoms with E-state index in [1.165, 1.54) is 0 Å². The van der Waals surface area contributed by atoms with Crippen molar-refractivity contribution in [3.8, 4) is 0 Å². The number of rotatable bonds is 3. The van der Waals surface area contributed by atoms with Crippen molar-refractivity contribution in [2.24, 2.45) is 0 Å². The third kappa shape index (κ3) is 2.38. The van der Waals surface area contributed by atoms with Gasteiger partial charge in [0.1, 0.15) is 0 Å². The summed E-state index contributed by atoms with van der Waals surface area (Å²) in [6.07, 6.45) is 3.46. The fourth-order valence-corrected chi connectivity index (χ4v) is 2.33. The minimum absolute atomic E-state index is 0.0454. The molecule has 0 aliphatic rings. The van der Waals surface area contributed by atoms with Crippen LogP contribution < -0.4 is 0 Å². The molecule has 5 heteroatoms. The van der Waals surface area contributed by atoms with Crippen LogP contribution in [0.15, 0.2) is 48.8 Å². The van der Waals surface area contributed by atoms with Gasteiger partial charge in [-0.25, -0.2) is 0 Å².